The fourth-order valence-electron chi connectivity index (χ4n) is 4.35. The molecule has 4 aromatic rings. The van der Waals surface area contributed by atoms with E-state index >= 15 is 4.39 Å². The van der Waals surface area contributed by atoms with Gasteiger partial charge < -0.3 is 15.2 Å². The normalized spacial score (nSPS) is 14.7. The van der Waals surface area contributed by atoms with Crippen molar-refractivity contribution in [2.75, 3.05) is 9.80 Å². The van der Waals surface area contributed by atoms with Crippen LogP contribution in [0.2, 0.25) is 5.02 Å². The molecule has 2 amide bonds. The van der Waals surface area contributed by atoms with Gasteiger partial charge in [0.2, 0.25) is 0 Å². The zero-order valence-electron chi connectivity index (χ0n) is 20.3. The molecule has 0 saturated carbocycles. The summed E-state index contributed by atoms with van der Waals surface area (Å²) in [4.78, 5) is 36.0. The van der Waals surface area contributed by atoms with Crippen LogP contribution in [0.4, 0.5) is 15.8 Å². The zero-order chi connectivity index (χ0) is 27.2. The van der Waals surface area contributed by atoms with Gasteiger partial charge in [-0.2, -0.15) is 5.26 Å². The van der Waals surface area contributed by atoms with E-state index in [1.807, 2.05) is 12.1 Å². The maximum atomic E-state index is 15.2. The molecule has 38 heavy (non-hydrogen) atoms. The standard InChI is InChI=1S/C27H20ClFN6O2S/c1-27(2)25(37)34(19-5-3-16(12-30)21(28)10-19)26(38)35(27)20-6-4-17(22(29)11-20)13-33-24(36)18-9-15-7-8-31-23(15)32-14-18/h3-11,14H,13H2,1-2H3,(H,31,32)(H,33,36). The van der Waals surface area contributed by atoms with Gasteiger partial charge in [0, 0.05) is 35.6 Å². The summed E-state index contributed by atoms with van der Waals surface area (Å²) in [6, 6.07) is 14.6. The summed E-state index contributed by atoms with van der Waals surface area (Å²) >= 11 is 11.8. The minimum Gasteiger partial charge on any atom is -0.348 e. The molecule has 2 aromatic heterocycles. The van der Waals surface area contributed by atoms with Crippen LogP contribution in [-0.4, -0.2) is 32.4 Å². The largest absolute Gasteiger partial charge is 0.348 e. The molecule has 1 fully saturated rings. The van der Waals surface area contributed by atoms with Gasteiger partial charge in [0.05, 0.1) is 21.8 Å². The predicted molar refractivity (Wildman–Crippen MR) is 146 cm³/mol. The molecule has 1 saturated heterocycles. The fraction of sp³-hybridized carbons (Fsp3) is 0.148. The number of nitriles is 1. The van der Waals surface area contributed by atoms with Gasteiger partial charge in [-0.05, 0) is 68.5 Å². The number of fused-ring (bicyclic) bond motifs is 1. The van der Waals surface area contributed by atoms with E-state index in [9.17, 15) is 9.59 Å². The highest BCUT2D eigenvalue weighted by Gasteiger charge is 2.50. The molecular formula is C27H20ClFN6O2S. The maximum absolute atomic E-state index is 15.2. The van der Waals surface area contributed by atoms with Crippen LogP contribution in [0.25, 0.3) is 11.0 Å². The number of carbonyl (C=O) groups excluding carboxylic acids is 2. The van der Waals surface area contributed by atoms with Gasteiger partial charge in [-0.15, -0.1) is 0 Å². The van der Waals surface area contributed by atoms with E-state index in [2.05, 4.69) is 15.3 Å². The summed E-state index contributed by atoms with van der Waals surface area (Å²) in [6.07, 6.45) is 3.18. The van der Waals surface area contributed by atoms with Gasteiger partial charge in [0.25, 0.3) is 11.8 Å². The molecular weight excluding hydrogens is 527 g/mol. The van der Waals surface area contributed by atoms with E-state index < -0.39 is 11.4 Å². The monoisotopic (exact) mass is 546 g/mol. The van der Waals surface area contributed by atoms with Crippen molar-refractivity contribution < 1.29 is 14.0 Å². The van der Waals surface area contributed by atoms with Crippen LogP contribution in [-0.2, 0) is 11.3 Å². The Kier molecular flexibility index (Phi) is 6.34. The first kappa shape index (κ1) is 25.3. The van der Waals surface area contributed by atoms with Crippen LogP contribution >= 0.6 is 23.8 Å². The fourth-order valence-corrected chi connectivity index (χ4v) is 5.09. The van der Waals surface area contributed by atoms with Crippen LogP contribution in [0.15, 0.2) is 60.9 Å². The minimum atomic E-state index is -1.12. The van der Waals surface area contributed by atoms with Crippen molar-refractivity contribution in [2.45, 2.75) is 25.9 Å². The van der Waals surface area contributed by atoms with Crippen LogP contribution in [0.3, 0.4) is 0 Å². The summed E-state index contributed by atoms with van der Waals surface area (Å²) in [6.45, 7) is 3.33. The number of halogens is 2. The molecule has 1 aliphatic rings. The SMILES string of the molecule is CC1(C)C(=O)N(c2ccc(C#N)c(Cl)c2)C(=S)N1c1ccc(CNC(=O)c2cnc3[nH]ccc3c2)c(F)c1. The molecule has 0 bridgehead atoms. The first-order valence-corrected chi connectivity index (χ1v) is 12.3. The van der Waals surface area contributed by atoms with Crippen molar-refractivity contribution in [3.63, 3.8) is 0 Å². The van der Waals surface area contributed by atoms with E-state index in [0.29, 0.717) is 22.6 Å². The third-order valence-electron chi connectivity index (χ3n) is 6.40. The number of hydrogen-bond donors (Lipinski definition) is 2. The quantitative estimate of drug-likeness (QED) is 0.338. The van der Waals surface area contributed by atoms with Crippen LogP contribution in [0.5, 0.6) is 0 Å². The highest BCUT2D eigenvalue weighted by Crippen LogP contribution is 2.37. The van der Waals surface area contributed by atoms with Crippen molar-refractivity contribution >= 4 is 63.2 Å². The van der Waals surface area contributed by atoms with E-state index in [-0.39, 0.29) is 39.6 Å². The first-order chi connectivity index (χ1) is 18.1. The van der Waals surface area contributed by atoms with Gasteiger partial charge >= 0.3 is 0 Å². The third kappa shape index (κ3) is 4.26. The number of hydrogen-bond acceptors (Lipinski definition) is 5. The number of pyridine rings is 1. The lowest BCUT2D eigenvalue weighted by Crippen LogP contribution is -2.44. The second kappa shape index (κ2) is 9.52. The number of nitrogens with zero attached hydrogens (tertiary/aromatic N) is 4. The van der Waals surface area contributed by atoms with Crippen LogP contribution in [0, 0.1) is 17.1 Å². The molecule has 190 valence electrons. The summed E-state index contributed by atoms with van der Waals surface area (Å²) < 4.78 is 15.2. The molecule has 0 radical (unpaired) electrons. The van der Waals surface area contributed by atoms with Crippen molar-refractivity contribution in [1.29, 1.82) is 5.26 Å². The Labute approximate surface area is 227 Å². The van der Waals surface area contributed by atoms with E-state index in [0.717, 1.165) is 5.39 Å². The number of thiocarbonyl (C=S) groups is 1. The van der Waals surface area contributed by atoms with Crippen molar-refractivity contribution in [3.8, 4) is 6.07 Å². The number of H-pyrrole nitrogens is 1. The summed E-state index contributed by atoms with van der Waals surface area (Å²) in [7, 11) is 0. The van der Waals surface area contributed by atoms with Gasteiger partial charge in [0.1, 0.15) is 23.1 Å². The number of amides is 2. The second-order valence-corrected chi connectivity index (χ2v) is 9.96. The number of anilines is 2. The molecule has 0 spiro atoms. The molecule has 3 heterocycles. The molecule has 2 aromatic carbocycles. The highest BCUT2D eigenvalue weighted by atomic mass is 35.5. The van der Waals surface area contributed by atoms with Gasteiger partial charge in [-0.3, -0.25) is 14.5 Å². The molecule has 1 aliphatic heterocycles. The lowest BCUT2D eigenvalue weighted by molar-refractivity contribution is -0.120. The molecule has 11 heteroatoms. The third-order valence-corrected chi connectivity index (χ3v) is 7.07. The number of rotatable bonds is 5. The van der Waals surface area contributed by atoms with E-state index in [4.69, 9.17) is 29.1 Å². The zero-order valence-corrected chi connectivity index (χ0v) is 21.8. The van der Waals surface area contributed by atoms with E-state index in [1.165, 1.54) is 29.3 Å². The average molecular weight is 547 g/mol. The Bertz CT molecular complexity index is 1680. The van der Waals surface area contributed by atoms with Crippen molar-refractivity contribution in [3.05, 3.63) is 88.5 Å². The Morgan fingerprint density at radius 1 is 1.21 bits per heavy atom. The van der Waals surface area contributed by atoms with Gasteiger partial charge in [-0.25, -0.2) is 9.37 Å². The molecule has 8 nitrogen and oxygen atoms in total. The number of aromatic amines is 1. The highest BCUT2D eigenvalue weighted by molar-refractivity contribution is 7.81. The number of benzene rings is 2. The smallest absolute Gasteiger partial charge is 0.259 e. The predicted octanol–water partition coefficient (Wildman–Crippen LogP) is 5.07. The van der Waals surface area contributed by atoms with Crippen molar-refractivity contribution in [2.24, 2.45) is 0 Å². The molecule has 5 rings (SSSR count). The summed E-state index contributed by atoms with van der Waals surface area (Å²) in [5.74, 6) is -1.27. The molecule has 2 N–H and O–H groups in total. The van der Waals surface area contributed by atoms with E-state index in [1.54, 1.807) is 49.2 Å². The average Bonchev–Trinajstić information content (AvgIpc) is 3.42. The molecule has 0 atom stereocenters. The van der Waals surface area contributed by atoms with Crippen LogP contribution < -0.4 is 15.1 Å². The van der Waals surface area contributed by atoms with Gasteiger partial charge in [0.15, 0.2) is 5.11 Å². The maximum Gasteiger partial charge on any atom is 0.259 e. The number of nitrogens with one attached hydrogen (secondary N) is 2. The lowest BCUT2D eigenvalue weighted by Gasteiger charge is -2.29. The minimum absolute atomic E-state index is 0.0429. The Morgan fingerprint density at radius 2 is 1.97 bits per heavy atom. The Hall–Kier alpha value is -4.33. The summed E-state index contributed by atoms with van der Waals surface area (Å²) in [5.41, 5.74) is 1.24. The number of carbonyl (C=O) groups is 2. The first-order valence-electron chi connectivity index (χ1n) is 11.5. The second-order valence-electron chi connectivity index (χ2n) is 9.19. The lowest BCUT2D eigenvalue weighted by atomic mass is 10.0. The van der Waals surface area contributed by atoms with Crippen molar-refractivity contribution in [1.82, 2.24) is 15.3 Å². The number of aromatic nitrogens is 2. The Balaban J connectivity index is 1.36. The molecule has 0 unspecified atom stereocenters. The Morgan fingerprint density at radius 3 is 2.68 bits per heavy atom. The summed E-state index contributed by atoms with van der Waals surface area (Å²) in [5, 5.41) is 13.0. The molecule has 0 aliphatic carbocycles. The van der Waals surface area contributed by atoms with Gasteiger partial charge in [-0.1, -0.05) is 17.7 Å². The van der Waals surface area contributed by atoms with Crippen LogP contribution in [0.1, 0.15) is 35.3 Å². The topological polar surface area (TPSA) is 105 Å².